The van der Waals surface area contributed by atoms with E-state index in [1.54, 1.807) is 24.4 Å². The average Bonchev–Trinajstić information content (AvgIpc) is 2.97. The second-order valence-corrected chi connectivity index (χ2v) is 10.9. The molecule has 0 unspecified atom stereocenters. The van der Waals surface area contributed by atoms with Crippen LogP contribution in [0.2, 0.25) is 0 Å². The normalized spacial score (nSPS) is 12.9. The largest absolute Gasteiger partial charge is 0.438 e. The van der Waals surface area contributed by atoms with Crippen LogP contribution < -0.4 is 9.75 Å². The molecule has 0 N–H and O–H groups in total. The highest BCUT2D eigenvalue weighted by Gasteiger charge is 2.21. The van der Waals surface area contributed by atoms with E-state index in [1.165, 1.54) is 11.8 Å². The smallest absolute Gasteiger partial charge is 0.247 e. The third-order valence-corrected chi connectivity index (χ3v) is 7.08. The molecular weight excluding hydrogens is 510 g/mol. The molecule has 6 rings (SSSR count). The number of sulfone groups is 1. The minimum Gasteiger partial charge on any atom is -0.438 e. The molecule has 0 spiro atoms. The van der Waals surface area contributed by atoms with Crippen molar-refractivity contribution in [2.45, 2.75) is 11.7 Å². The van der Waals surface area contributed by atoms with Crippen molar-refractivity contribution in [2.24, 2.45) is 5.10 Å². The maximum Gasteiger partial charge on any atom is 0.247 e. The van der Waals surface area contributed by atoms with E-state index in [-0.39, 0.29) is 5.16 Å². The van der Waals surface area contributed by atoms with E-state index in [4.69, 9.17) is 9.84 Å². The number of nitrogens with zero attached hydrogens (tertiary/aromatic N) is 5. The first kappa shape index (κ1) is 24.4. The zero-order valence-electron chi connectivity index (χ0n) is 21.0. The number of ether oxygens (including phenoxy) is 1. The van der Waals surface area contributed by atoms with Gasteiger partial charge in [-0.2, -0.15) is 5.10 Å². The first-order valence-corrected chi connectivity index (χ1v) is 14.1. The third-order valence-electron chi connectivity index (χ3n) is 6.22. The van der Waals surface area contributed by atoms with Crippen molar-refractivity contribution in [3.63, 3.8) is 0 Å². The summed E-state index contributed by atoms with van der Waals surface area (Å²) in [5.41, 5.74) is 6.18. The number of anilines is 1. The number of hydrogen-bond acceptors (Lipinski definition) is 8. The number of pyridine rings is 1. The summed E-state index contributed by atoms with van der Waals surface area (Å²) in [6.07, 6.45) is 4.09. The topological polar surface area (TPSA) is 97.6 Å². The minimum atomic E-state index is -3.56. The average molecular weight is 534 g/mol. The predicted molar refractivity (Wildman–Crippen MR) is 150 cm³/mol. The van der Waals surface area contributed by atoms with Crippen molar-refractivity contribution in [3.05, 3.63) is 126 Å². The summed E-state index contributed by atoms with van der Waals surface area (Å²) >= 11 is 0. The number of hydrogen-bond donors (Lipinski definition) is 0. The summed E-state index contributed by atoms with van der Waals surface area (Å²) < 4.78 is 30.0. The molecule has 5 aromatic rings. The summed E-state index contributed by atoms with van der Waals surface area (Å²) in [7, 11) is -3.56. The van der Waals surface area contributed by atoms with E-state index in [9.17, 15) is 8.42 Å². The van der Waals surface area contributed by atoms with Crippen LogP contribution in [0.15, 0.2) is 120 Å². The van der Waals surface area contributed by atoms with Crippen molar-refractivity contribution < 1.29 is 13.2 Å². The van der Waals surface area contributed by atoms with Crippen molar-refractivity contribution in [1.29, 1.82) is 0 Å². The van der Waals surface area contributed by atoms with Crippen LogP contribution >= 0.6 is 0 Å². The van der Waals surface area contributed by atoms with Gasteiger partial charge >= 0.3 is 0 Å². The standard InChI is InChI=1S/C30H23N5O3S/c1-39(36,37)30-32-19-17-27(33-30)26-12-7-18-31-29(26)38-24-15-13-23(14-16-24)35-20-22-10-5-6-11-25(22)28(34-35)21-8-3-2-4-9-21/h2-19H,20H2,1H3. The van der Waals surface area contributed by atoms with Crippen LogP contribution in [0.5, 0.6) is 11.6 Å². The lowest BCUT2D eigenvalue weighted by Gasteiger charge is -2.27. The van der Waals surface area contributed by atoms with Gasteiger partial charge in [0, 0.05) is 29.8 Å². The molecule has 8 nitrogen and oxygen atoms in total. The lowest BCUT2D eigenvalue weighted by molar-refractivity contribution is 0.464. The summed E-state index contributed by atoms with van der Waals surface area (Å²) in [4.78, 5) is 12.4. The quantitative estimate of drug-likeness (QED) is 0.266. The molecule has 1 aliphatic heterocycles. The molecule has 0 atom stereocenters. The van der Waals surface area contributed by atoms with Gasteiger partial charge in [0.05, 0.1) is 29.2 Å². The van der Waals surface area contributed by atoms with Gasteiger partial charge in [-0.15, -0.1) is 0 Å². The molecule has 0 bridgehead atoms. The lowest BCUT2D eigenvalue weighted by Crippen LogP contribution is -2.26. The van der Waals surface area contributed by atoms with Crippen LogP contribution in [0.1, 0.15) is 16.7 Å². The number of aromatic nitrogens is 3. The molecule has 0 saturated heterocycles. The molecule has 2 aromatic heterocycles. The van der Waals surface area contributed by atoms with Crippen molar-refractivity contribution in [3.8, 4) is 22.9 Å². The molecule has 0 aliphatic carbocycles. The van der Waals surface area contributed by atoms with Gasteiger partial charge in [-0.05, 0) is 48.0 Å². The monoisotopic (exact) mass is 533 g/mol. The maximum absolute atomic E-state index is 11.9. The Hall–Kier alpha value is -4.89. The van der Waals surface area contributed by atoms with Crippen LogP contribution in [-0.4, -0.2) is 35.3 Å². The van der Waals surface area contributed by atoms with E-state index < -0.39 is 9.84 Å². The molecule has 0 fully saturated rings. The van der Waals surface area contributed by atoms with Gasteiger partial charge in [0.25, 0.3) is 0 Å². The van der Waals surface area contributed by atoms with E-state index >= 15 is 0 Å². The molecule has 0 saturated carbocycles. The minimum absolute atomic E-state index is 0.252. The van der Waals surface area contributed by atoms with Crippen molar-refractivity contribution in [1.82, 2.24) is 15.0 Å². The molecule has 1 aliphatic rings. The Morgan fingerprint density at radius 3 is 2.31 bits per heavy atom. The number of rotatable bonds is 6. The third kappa shape index (κ3) is 5.12. The van der Waals surface area contributed by atoms with Gasteiger partial charge in [-0.1, -0.05) is 54.6 Å². The summed E-state index contributed by atoms with van der Waals surface area (Å²) in [5, 5.41) is 6.72. The van der Waals surface area contributed by atoms with Gasteiger partial charge in [0.1, 0.15) is 5.75 Å². The van der Waals surface area contributed by atoms with E-state index in [0.29, 0.717) is 29.4 Å². The molecule has 39 heavy (non-hydrogen) atoms. The van der Waals surface area contributed by atoms with Gasteiger partial charge in [-0.25, -0.2) is 23.4 Å². The Bertz CT molecular complexity index is 1790. The SMILES string of the molecule is CS(=O)(=O)c1nccc(-c2cccnc2Oc2ccc(N3Cc4ccccc4C(c4ccccc4)=N3)cc2)n1. The van der Waals surface area contributed by atoms with E-state index in [0.717, 1.165) is 28.8 Å². The van der Waals surface area contributed by atoms with Crippen LogP contribution in [-0.2, 0) is 16.4 Å². The Kier molecular flexibility index (Phi) is 6.34. The van der Waals surface area contributed by atoms with Crippen molar-refractivity contribution >= 4 is 21.2 Å². The highest BCUT2D eigenvalue weighted by molar-refractivity contribution is 7.90. The van der Waals surface area contributed by atoms with Gasteiger partial charge in [0.15, 0.2) is 0 Å². The lowest BCUT2D eigenvalue weighted by atomic mass is 9.96. The van der Waals surface area contributed by atoms with Crippen LogP contribution in [0.25, 0.3) is 11.3 Å². The molecule has 0 amide bonds. The summed E-state index contributed by atoms with van der Waals surface area (Å²) in [6, 6.07) is 31.2. The molecule has 3 heterocycles. The fourth-order valence-corrected chi connectivity index (χ4v) is 4.87. The van der Waals surface area contributed by atoms with Gasteiger partial charge in [-0.3, -0.25) is 5.01 Å². The second-order valence-electron chi connectivity index (χ2n) is 8.98. The van der Waals surface area contributed by atoms with Crippen molar-refractivity contribution in [2.75, 3.05) is 11.3 Å². The van der Waals surface area contributed by atoms with E-state index in [2.05, 4.69) is 39.2 Å². The van der Waals surface area contributed by atoms with E-state index in [1.807, 2.05) is 59.6 Å². The molecule has 3 aromatic carbocycles. The summed E-state index contributed by atoms with van der Waals surface area (Å²) in [5.74, 6) is 0.875. The molecule has 0 radical (unpaired) electrons. The fourth-order valence-electron chi connectivity index (χ4n) is 4.35. The fraction of sp³-hybridized carbons (Fsp3) is 0.0667. The number of hydrazone groups is 1. The first-order chi connectivity index (χ1) is 19.0. The zero-order valence-corrected chi connectivity index (χ0v) is 21.8. The Morgan fingerprint density at radius 2 is 1.51 bits per heavy atom. The zero-order chi connectivity index (χ0) is 26.8. The molecule has 9 heteroatoms. The Morgan fingerprint density at radius 1 is 0.769 bits per heavy atom. The van der Waals surface area contributed by atoms with Crippen LogP contribution in [0.3, 0.4) is 0 Å². The highest BCUT2D eigenvalue weighted by atomic mass is 32.2. The molecule has 192 valence electrons. The predicted octanol–water partition coefficient (Wildman–Crippen LogP) is 5.51. The van der Waals surface area contributed by atoms with Crippen LogP contribution in [0, 0.1) is 0 Å². The van der Waals surface area contributed by atoms with Gasteiger partial charge in [0.2, 0.25) is 20.9 Å². The number of fused-ring (bicyclic) bond motifs is 1. The maximum atomic E-state index is 11.9. The first-order valence-electron chi connectivity index (χ1n) is 12.2. The molecular formula is C30H23N5O3S. The Labute approximate surface area is 226 Å². The van der Waals surface area contributed by atoms with Crippen LogP contribution in [0.4, 0.5) is 5.69 Å². The van der Waals surface area contributed by atoms with Gasteiger partial charge < -0.3 is 4.74 Å². The summed E-state index contributed by atoms with van der Waals surface area (Å²) in [6.45, 7) is 0.646. The Balaban J connectivity index is 1.29. The highest BCUT2D eigenvalue weighted by Crippen LogP contribution is 2.33. The second kappa shape index (κ2) is 10.1. The number of benzene rings is 3.